The molecule has 1 fully saturated rings. The van der Waals surface area contributed by atoms with Gasteiger partial charge in [-0.3, -0.25) is 4.79 Å². The van der Waals surface area contributed by atoms with Crippen LogP contribution >= 0.6 is 0 Å². The van der Waals surface area contributed by atoms with Gasteiger partial charge >= 0.3 is 0 Å². The van der Waals surface area contributed by atoms with Crippen molar-refractivity contribution in [1.82, 2.24) is 9.80 Å². The van der Waals surface area contributed by atoms with Gasteiger partial charge in [-0.05, 0) is 49.9 Å². The molecule has 0 atom stereocenters. The summed E-state index contributed by atoms with van der Waals surface area (Å²) in [5.41, 5.74) is 3.40. The highest BCUT2D eigenvalue weighted by Crippen LogP contribution is 2.25. The lowest BCUT2D eigenvalue weighted by Crippen LogP contribution is -2.44. The molecular weight excluding hydrogens is 390 g/mol. The maximum atomic E-state index is 12.7. The van der Waals surface area contributed by atoms with Crippen LogP contribution in [0.3, 0.4) is 0 Å². The number of amidine groups is 1. The molecule has 9 heteroatoms. The molecule has 1 aromatic carbocycles. The number of hydrogen-bond donors (Lipinski definition) is 1. The molecule has 8 nitrogen and oxygen atoms in total. The van der Waals surface area contributed by atoms with Crippen molar-refractivity contribution in [3.63, 3.8) is 0 Å². The summed E-state index contributed by atoms with van der Waals surface area (Å²) in [6, 6.07) is 6.08. The number of carbonyl (C=O) groups is 1. The van der Waals surface area contributed by atoms with Gasteiger partial charge in [-0.1, -0.05) is 0 Å². The fourth-order valence-corrected chi connectivity index (χ4v) is 4.55. The van der Waals surface area contributed by atoms with Crippen LogP contribution in [-0.2, 0) is 14.8 Å². The van der Waals surface area contributed by atoms with Crippen molar-refractivity contribution in [2.45, 2.75) is 6.92 Å². The van der Waals surface area contributed by atoms with E-state index in [9.17, 15) is 13.2 Å². The standard InChI is InChI=1S/C20H25N5O3S/c1-15-13-17(24-9-7-23(2)8-10-24)4-5-18(15)21-20(26)16-3-6-19-22-29(27,28)12-11-25(19)14-16/h3-6,13-14H,7-12H2,1-2H3,(H,21,26). The van der Waals surface area contributed by atoms with Gasteiger partial charge in [-0.2, -0.15) is 0 Å². The minimum atomic E-state index is -3.40. The summed E-state index contributed by atoms with van der Waals surface area (Å²) >= 11 is 0. The molecule has 1 amide bonds. The van der Waals surface area contributed by atoms with Crippen LogP contribution in [0.25, 0.3) is 0 Å². The second kappa shape index (κ2) is 7.64. The maximum Gasteiger partial charge on any atom is 0.257 e. The molecule has 0 unspecified atom stereocenters. The Kier molecular flexibility index (Phi) is 5.18. The Morgan fingerprint density at radius 2 is 1.86 bits per heavy atom. The molecule has 1 aromatic rings. The van der Waals surface area contributed by atoms with E-state index in [2.05, 4.69) is 32.6 Å². The first-order chi connectivity index (χ1) is 13.8. The minimum Gasteiger partial charge on any atom is -0.369 e. The van der Waals surface area contributed by atoms with E-state index in [-0.39, 0.29) is 11.7 Å². The smallest absolute Gasteiger partial charge is 0.257 e. The van der Waals surface area contributed by atoms with E-state index in [0.29, 0.717) is 18.0 Å². The van der Waals surface area contributed by atoms with Gasteiger partial charge in [-0.25, -0.2) is 8.42 Å². The molecule has 0 saturated carbocycles. The Bertz CT molecular complexity index is 1020. The number of amides is 1. The number of nitrogens with one attached hydrogen (secondary N) is 1. The van der Waals surface area contributed by atoms with E-state index in [1.54, 1.807) is 23.3 Å². The van der Waals surface area contributed by atoms with Gasteiger partial charge in [0, 0.05) is 50.3 Å². The molecule has 1 saturated heterocycles. The summed E-state index contributed by atoms with van der Waals surface area (Å²) in [4.78, 5) is 19.1. The number of sulfonamides is 1. The summed E-state index contributed by atoms with van der Waals surface area (Å²) in [7, 11) is -1.27. The second-order valence-corrected chi connectivity index (χ2v) is 9.35. The molecule has 0 aromatic heterocycles. The van der Waals surface area contributed by atoms with E-state index in [1.165, 1.54) is 5.69 Å². The number of likely N-dealkylation sites (N-methyl/N-ethyl adjacent to an activating group) is 1. The first-order valence-electron chi connectivity index (χ1n) is 9.65. The average molecular weight is 416 g/mol. The van der Waals surface area contributed by atoms with Crippen LogP contribution in [0.5, 0.6) is 0 Å². The fraction of sp³-hybridized carbons (Fsp3) is 0.400. The maximum absolute atomic E-state index is 12.7. The Morgan fingerprint density at radius 1 is 1.10 bits per heavy atom. The molecule has 29 heavy (non-hydrogen) atoms. The van der Waals surface area contributed by atoms with Gasteiger partial charge in [0.2, 0.25) is 0 Å². The van der Waals surface area contributed by atoms with E-state index in [1.807, 2.05) is 19.1 Å². The second-order valence-electron chi connectivity index (χ2n) is 7.59. The predicted octanol–water partition coefficient (Wildman–Crippen LogP) is 1.18. The molecular formula is C20H25N5O3S. The van der Waals surface area contributed by atoms with Crippen molar-refractivity contribution >= 4 is 33.1 Å². The van der Waals surface area contributed by atoms with E-state index in [4.69, 9.17) is 0 Å². The summed E-state index contributed by atoms with van der Waals surface area (Å²) < 4.78 is 26.9. The fourth-order valence-electron chi connectivity index (χ4n) is 3.58. The number of hydrogen-bond acceptors (Lipinski definition) is 6. The number of nitrogens with zero attached hydrogens (tertiary/aromatic N) is 4. The zero-order valence-electron chi connectivity index (χ0n) is 16.6. The van der Waals surface area contributed by atoms with Crippen molar-refractivity contribution in [2.24, 2.45) is 4.40 Å². The topological polar surface area (TPSA) is 85.3 Å². The highest BCUT2D eigenvalue weighted by atomic mass is 32.2. The Morgan fingerprint density at radius 3 is 2.59 bits per heavy atom. The molecule has 3 heterocycles. The molecule has 0 aliphatic carbocycles. The van der Waals surface area contributed by atoms with Crippen molar-refractivity contribution in [3.05, 3.63) is 47.7 Å². The normalized spacial score (nSPS) is 21.3. The number of fused-ring (bicyclic) bond motifs is 1. The average Bonchev–Trinajstić information content (AvgIpc) is 2.69. The van der Waals surface area contributed by atoms with Gasteiger partial charge in [0.05, 0.1) is 11.3 Å². The lowest BCUT2D eigenvalue weighted by molar-refractivity contribution is -0.112. The number of piperazine rings is 1. The zero-order chi connectivity index (χ0) is 20.6. The monoisotopic (exact) mass is 415 g/mol. The van der Waals surface area contributed by atoms with Gasteiger partial charge in [-0.15, -0.1) is 4.40 Å². The van der Waals surface area contributed by atoms with Crippen LogP contribution in [0.4, 0.5) is 11.4 Å². The summed E-state index contributed by atoms with van der Waals surface area (Å²) in [5, 5.41) is 2.96. The summed E-state index contributed by atoms with van der Waals surface area (Å²) in [6.45, 7) is 6.35. The number of carbonyl (C=O) groups excluding carboxylic acids is 1. The zero-order valence-corrected chi connectivity index (χ0v) is 17.4. The molecule has 4 rings (SSSR count). The summed E-state index contributed by atoms with van der Waals surface area (Å²) in [5.74, 6) is 0.0625. The van der Waals surface area contributed by atoms with Crippen LogP contribution < -0.4 is 10.2 Å². The Balaban J connectivity index is 1.45. The first-order valence-corrected chi connectivity index (χ1v) is 11.3. The van der Waals surface area contributed by atoms with Crippen LogP contribution in [0.1, 0.15) is 5.56 Å². The van der Waals surface area contributed by atoms with E-state index >= 15 is 0 Å². The number of aryl methyl sites for hydroxylation is 1. The van der Waals surface area contributed by atoms with Crippen LogP contribution in [-0.4, -0.2) is 75.5 Å². The predicted molar refractivity (Wildman–Crippen MR) is 115 cm³/mol. The van der Waals surface area contributed by atoms with Gasteiger partial charge in [0.15, 0.2) is 0 Å². The SMILES string of the molecule is Cc1cc(N2CCN(C)CC2)ccc1NC(=O)C1=CN2CCS(=O)(=O)N=C2C=C1. The number of anilines is 2. The number of benzene rings is 1. The van der Waals surface area contributed by atoms with Gasteiger partial charge in [0.25, 0.3) is 15.9 Å². The molecule has 0 bridgehead atoms. The molecule has 1 N–H and O–H groups in total. The molecule has 154 valence electrons. The molecule has 0 radical (unpaired) electrons. The highest BCUT2D eigenvalue weighted by molar-refractivity contribution is 7.90. The van der Waals surface area contributed by atoms with E-state index < -0.39 is 10.0 Å². The minimum absolute atomic E-state index is 0.0530. The van der Waals surface area contributed by atoms with Gasteiger partial charge < -0.3 is 20.0 Å². The highest BCUT2D eigenvalue weighted by Gasteiger charge is 2.25. The third-order valence-electron chi connectivity index (χ3n) is 5.41. The van der Waals surface area contributed by atoms with Crippen molar-refractivity contribution in [1.29, 1.82) is 0 Å². The third kappa shape index (κ3) is 4.35. The third-order valence-corrected chi connectivity index (χ3v) is 6.58. The number of rotatable bonds is 3. The van der Waals surface area contributed by atoms with Gasteiger partial charge in [0.1, 0.15) is 5.84 Å². The Hall–Kier alpha value is -2.65. The van der Waals surface area contributed by atoms with Crippen LogP contribution in [0, 0.1) is 6.92 Å². The first kappa shape index (κ1) is 19.7. The van der Waals surface area contributed by atoms with Crippen molar-refractivity contribution < 1.29 is 13.2 Å². The molecule has 0 spiro atoms. The van der Waals surface area contributed by atoms with E-state index in [0.717, 1.165) is 37.4 Å². The largest absolute Gasteiger partial charge is 0.369 e. The lowest BCUT2D eigenvalue weighted by Gasteiger charge is -2.34. The Labute approximate surface area is 171 Å². The lowest BCUT2D eigenvalue weighted by atomic mass is 10.1. The van der Waals surface area contributed by atoms with Crippen LogP contribution in [0.2, 0.25) is 0 Å². The van der Waals surface area contributed by atoms with Crippen molar-refractivity contribution in [2.75, 3.05) is 55.7 Å². The quantitative estimate of drug-likeness (QED) is 0.798. The molecule has 3 aliphatic heterocycles. The summed E-state index contributed by atoms with van der Waals surface area (Å²) in [6.07, 6.45) is 4.81. The molecule has 3 aliphatic rings. The van der Waals surface area contributed by atoms with Crippen molar-refractivity contribution in [3.8, 4) is 0 Å². The van der Waals surface area contributed by atoms with Crippen LogP contribution in [0.15, 0.2) is 46.5 Å².